The van der Waals surface area contributed by atoms with Gasteiger partial charge in [0.25, 0.3) is 5.79 Å². The summed E-state index contributed by atoms with van der Waals surface area (Å²) in [6.45, 7) is 6.14. The summed E-state index contributed by atoms with van der Waals surface area (Å²) < 4.78 is 5.67. The number of aliphatic hydroxyl groups is 2. The summed E-state index contributed by atoms with van der Waals surface area (Å²) in [5, 5.41) is 22.2. The average Bonchev–Trinajstić information content (AvgIpc) is 2.83. The van der Waals surface area contributed by atoms with Crippen molar-refractivity contribution in [3.05, 3.63) is 64.7 Å². The summed E-state index contributed by atoms with van der Waals surface area (Å²) in [5.74, 6) is -2.26. The van der Waals surface area contributed by atoms with Crippen molar-refractivity contribution in [2.45, 2.75) is 37.6 Å². The third kappa shape index (κ3) is 1.55. The molecule has 2 unspecified atom stereocenters. The normalized spacial score (nSPS) is 28.1. The summed E-state index contributed by atoms with van der Waals surface area (Å²) in [6.07, 6.45) is 0. The van der Waals surface area contributed by atoms with Gasteiger partial charge in [0.2, 0.25) is 11.4 Å². The first kappa shape index (κ1) is 14.4. The number of fused-ring (bicyclic) bond motifs is 5. The topological polar surface area (TPSA) is 66.8 Å². The highest BCUT2D eigenvalue weighted by molar-refractivity contribution is 6.09. The molecule has 2 atom stereocenters. The van der Waals surface area contributed by atoms with Gasteiger partial charge in [-0.2, -0.15) is 0 Å². The Kier molecular flexibility index (Phi) is 2.52. The minimum absolute atomic E-state index is 0.152. The molecule has 4 heteroatoms. The summed E-state index contributed by atoms with van der Waals surface area (Å²) in [5.41, 5.74) is -0.367. The summed E-state index contributed by atoms with van der Waals surface area (Å²) in [4.78, 5) is 12.8. The van der Waals surface area contributed by atoms with Crippen LogP contribution in [0.3, 0.4) is 0 Å². The van der Waals surface area contributed by atoms with E-state index in [4.69, 9.17) is 4.74 Å². The number of ether oxygens (including phenoxy) is 1. The monoisotopic (exact) mass is 310 g/mol. The molecule has 0 bridgehead atoms. The molecule has 1 heterocycles. The van der Waals surface area contributed by atoms with Crippen LogP contribution in [-0.2, 0) is 16.8 Å². The van der Waals surface area contributed by atoms with Crippen molar-refractivity contribution >= 4 is 5.78 Å². The molecule has 0 saturated heterocycles. The molecule has 4 nitrogen and oxygen atoms in total. The molecule has 1 aliphatic carbocycles. The van der Waals surface area contributed by atoms with Gasteiger partial charge in [0.1, 0.15) is 5.75 Å². The van der Waals surface area contributed by atoms with Crippen LogP contribution in [0, 0.1) is 0 Å². The second kappa shape index (κ2) is 4.02. The fourth-order valence-corrected chi connectivity index (χ4v) is 3.48. The van der Waals surface area contributed by atoms with E-state index in [2.05, 4.69) is 0 Å². The molecule has 0 saturated carbocycles. The van der Waals surface area contributed by atoms with E-state index in [0.29, 0.717) is 22.4 Å². The Hall–Kier alpha value is -2.17. The number of benzene rings is 2. The lowest BCUT2D eigenvalue weighted by atomic mass is 9.81. The van der Waals surface area contributed by atoms with E-state index < -0.39 is 17.2 Å². The molecule has 23 heavy (non-hydrogen) atoms. The Morgan fingerprint density at radius 3 is 2.39 bits per heavy atom. The summed E-state index contributed by atoms with van der Waals surface area (Å²) in [7, 11) is 0. The standard InChI is InChI=1S/C19H18O4/c1-17(2,3)11-8-9-15-14(10-11)18(21)16(20)12-6-4-5-7-13(12)19(18,22)23-15/h4-10,21-22H,1-3H3. The third-order valence-electron chi connectivity index (χ3n) is 4.85. The van der Waals surface area contributed by atoms with Crippen molar-refractivity contribution in [3.63, 3.8) is 0 Å². The Bertz CT molecular complexity index is 849. The fourth-order valence-electron chi connectivity index (χ4n) is 3.48. The van der Waals surface area contributed by atoms with Gasteiger partial charge in [0, 0.05) is 16.7 Å². The minimum atomic E-state index is -2.10. The predicted molar refractivity (Wildman–Crippen MR) is 84.3 cm³/mol. The predicted octanol–water partition coefficient (Wildman–Crippen LogP) is 2.61. The molecule has 0 spiro atoms. The zero-order valence-electron chi connectivity index (χ0n) is 13.3. The maximum absolute atomic E-state index is 12.8. The van der Waals surface area contributed by atoms with E-state index in [1.165, 1.54) is 0 Å². The van der Waals surface area contributed by atoms with Gasteiger partial charge in [-0.3, -0.25) is 4.79 Å². The third-order valence-corrected chi connectivity index (χ3v) is 4.85. The van der Waals surface area contributed by atoms with Crippen molar-refractivity contribution in [1.29, 1.82) is 0 Å². The molecule has 0 aromatic heterocycles. The molecular weight excluding hydrogens is 292 g/mol. The molecule has 0 amide bonds. The Morgan fingerprint density at radius 2 is 1.70 bits per heavy atom. The van der Waals surface area contributed by atoms with Crippen LogP contribution < -0.4 is 4.74 Å². The van der Waals surface area contributed by atoms with Crippen molar-refractivity contribution in [1.82, 2.24) is 0 Å². The van der Waals surface area contributed by atoms with Crippen molar-refractivity contribution in [3.8, 4) is 5.75 Å². The van der Waals surface area contributed by atoms with Gasteiger partial charge in [-0.1, -0.05) is 51.1 Å². The van der Waals surface area contributed by atoms with E-state index in [-0.39, 0.29) is 5.41 Å². The van der Waals surface area contributed by atoms with Crippen LogP contribution in [0.5, 0.6) is 5.75 Å². The molecule has 2 aliphatic rings. The first-order chi connectivity index (χ1) is 10.7. The molecule has 118 valence electrons. The highest BCUT2D eigenvalue weighted by atomic mass is 16.7. The number of carbonyl (C=O) groups is 1. The lowest BCUT2D eigenvalue weighted by Crippen LogP contribution is -2.48. The van der Waals surface area contributed by atoms with Crippen LogP contribution in [0.4, 0.5) is 0 Å². The van der Waals surface area contributed by atoms with Crippen LogP contribution in [0.1, 0.15) is 47.8 Å². The number of Topliss-reactive ketones (excluding diaryl/α,β-unsaturated/α-hetero) is 1. The zero-order valence-corrected chi connectivity index (χ0v) is 13.3. The van der Waals surface area contributed by atoms with E-state index in [1.54, 1.807) is 36.4 Å². The zero-order chi connectivity index (χ0) is 16.6. The van der Waals surface area contributed by atoms with Crippen LogP contribution in [0.15, 0.2) is 42.5 Å². The molecule has 2 aromatic rings. The van der Waals surface area contributed by atoms with Crippen molar-refractivity contribution in [2.75, 3.05) is 0 Å². The van der Waals surface area contributed by atoms with Crippen molar-refractivity contribution < 1.29 is 19.7 Å². The summed E-state index contributed by atoms with van der Waals surface area (Å²) >= 11 is 0. The average molecular weight is 310 g/mol. The lowest BCUT2D eigenvalue weighted by molar-refractivity contribution is -0.224. The van der Waals surface area contributed by atoms with Gasteiger partial charge in [-0.05, 0) is 23.1 Å². The minimum Gasteiger partial charge on any atom is -0.454 e. The summed E-state index contributed by atoms with van der Waals surface area (Å²) in [6, 6.07) is 12.0. The van der Waals surface area contributed by atoms with Gasteiger partial charge in [-0.15, -0.1) is 0 Å². The SMILES string of the molecule is CC(C)(C)c1ccc2c(c1)C1(O)C(=O)c3ccccc3C1(O)O2. The molecule has 1 aliphatic heterocycles. The van der Waals surface area contributed by atoms with Crippen LogP contribution >= 0.6 is 0 Å². The van der Waals surface area contributed by atoms with Gasteiger partial charge < -0.3 is 14.9 Å². The van der Waals surface area contributed by atoms with Crippen LogP contribution in [-0.4, -0.2) is 16.0 Å². The number of hydrogen-bond donors (Lipinski definition) is 2. The molecule has 2 N–H and O–H groups in total. The Morgan fingerprint density at radius 1 is 1.00 bits per heavy atom. The van der Waals surface area contributed by atoms with Gasteiger partial charge in [-0.25, -0.2) is 0 Å². The van der Waals surface area contributed by atoms with Crippen LogP contribution in [0.25, 0.3) is 0 Å². The smallest absolute Gasteiger partial charge is 0.276 e. The highest BCUT2D eigenvalue weighted by Crippen LogP contribution is 2.58. The first-order valence-corrected chi connectivity index (χ1v) is 7.62. The van der Waals surface area contributed by atoms with Gasteiger partial charge in [0.05, 0.1) is 0 Å². The van der Waals surface area contributed by atoms with E-state index in [1.807, 2.05) is 26.8 Å². The molecule has 0 fully saturated rings. The van der Waals surface area contributed by atoms with Gasteiger partial charge in [0.15, 0.2) is 0 Å². The fraction of sp³-hybridized carbons (Fsp3) is 0.316. The largest absolute Gasteiger partial charge is 0.454 e. The van der Waals surface area contributed by atoms with E-state index in [9.17, 15) is 15.0 Å². The highest BCUT2D eigenvalue weighted by Gasteiger charge is 2.70. The molecular formula is C19H18O4. The second-order valence-electron chi connectivity index (χ2n) is 7.29. The van der Waals surface area contributed by atoms with Crippen molar-refractivity contribution in [2.24, 2.45) is 0 Å². The van der Waals surface area contributed by atoms with Gasteiger partial charge >= 0.3 is 0 Å². The quantitative estimate of drug-likeness (QED) is 0.785. The number of hydrogen-bond acceptors (Lipinski definition) is 4. The Labute approximate surface area is 134 Å². The number of ketones is 1. The first-order valence-electron chi connectivity index (χ1n) is 7.62. The van der Waals surface area contributed by atoms with E-state index in [0.717, 1.165) is 5.56 Å². The molecule has 4 rings (SSSR count). The number of carbonyl (C=O) groups excluding carboxylic acids is 1. The maximum Gasteiger partial charge on any atom is 0.276 e. The second-order valence-corrected chi connectivity index (χ2v) is 7.29. The van der Waals surface area contributed by atoms with E-state index >= 15 is 0 Å². The Balaban J connectivity index is 1.99. The number of rotatable bonds is 0. The van der Waals surface area contributed by atoms with Crippen LogP contribution in [0.2, 0.25) is 0 Å². The lowest BCUT2D eigenvalue weighted by Gasteiger charge is -2.29. The molecule has 0 radical (unpaired) electrons. The molecule has 2 aromatic carbocycles. The maximum atomic E-state index is 12.8.